The van der Waals surface area contributed by atoms with E-state index < -0.39 is 6.04 Å². The van der Waals surface area contributed by atoms with E-state index in [0.717, 1.165) is 18.4 Å². The first kappa shape index (κ1) is 19.5. The van der Waals surface area contributed by atoms with Crippen molar-refractivity contribution < 1.29 is 14.0 Å². The van der Waals surface area contributed by atoms with Gasteiger partial charge in [-0.25, -0.2) is 4.39 Å². The van der Waals surface area contributed by atoms with Gasteiger partial charge in [0.15, 0.2) is 0 Å². The molecule has 1 aliphatic carbocycles. The van der Waals surface area contributed by atoms with Crippen LogP contribution in [0.15, 0.2) is 24.3 Å². The van der Waals surface area contributed by atoms with E-state index in [9.17, 15) is 19.2 Å². The number of carbonyl (C=O) groups is 2. The lowest BCUT2D eigenvalue weighted by Crippen LogP contribution is -2.57. The summed E-state index contributed by atoms with van der Waals surface area (Å²) >= 11 is 0. The third-order valence-electron chi connectivity index (χ3n) is 7.32. The van der Waals surface area contributed by atoms with Gasteiger partial charge in [0.2, 0.25) is 11.8 Å². The number of piperazine rings is 1. The van der Waals surface area contributed by atoms with Crippen molar-refractivity contribution in [1.29, 1.82) is 5.26 Å². The minimum Gasteiger partial charge on any atom is -0.330 e. The van der Waals surface area contributed by atoms with Gasteiger partial charge in [-0.15, -0.1) is 0 Å². The number of nitrogens with zero attached hydrogens (tertiary/aromatic N) is 4. The van der Waals surface area contributed by atoms with Gasteiger partial charge in [0.25, 0.3) is 0 Å². The van der Waals surface area contributed by atoms with E-state index in [1.165, 1.54) is 12.1 Å². The van der Waals surface area contributed by atoms with Gasteiger partial charge in [-0.3, -0.25) is 14.5 Å². The first-order chi connectivity index (χ1) is 14.4. The van der Waals surface area contributed by atoms with Crippen molar-refractivity contribution >= 4 is 11.8 Å². The Kier molecular flexibility index (Phi) is 4.56. The van der Waals surface area contributed by atoms with E-state index in [1.54, 1.807) is 11.0 Å². The molecule has 4 fully saturated rings. The van der Waals surface area contributed by atoms with E-state index in [4.69, 9.17) is 5.73 Å². The summed E-state index contributed by atoms with van der Waals surface area (Å²) < 4.78 is 13.6. The number of likely N-dealkylation sites (tertiary alicyclic amines) is 3. The van der Waals surface area contributed by atoms with Gasteiger partial charge in [-0.2, -0.15) is 5.26 Å². The largest absolute Gasteiger partial charge is 0.330 e. The van der Waals surface area contributed by atoms with Crippen LogP contribution in [0.2, 0.25) is 0 Å². The number of benzene rings is 1. The van der Waals surface area contributed by atoms with Gasteiger partial charge in [-0.1, -0.05) is 12.1 Å². The van der Waals surface area contributed by atoms with Crippen LogP contribution in [0.3, 0.4) is 0 Å². The van der Waals surface area contributed by atoms with Crippen LogP contribution in [0, 0.1) is 23.1 Å². The third kappa shape index (κ3) is 2.99. The van der Waals surface area contributed by atoms with E-state index in [1.807, 2.05) is 22.8 Å². The Bertz CT molecular complexity index is 932. The fraction of sp³-hybridized carbons (Fsp3) is 0.591. The first-order valence-corrected chi connectivity index (χ1v) is 10.7. The predicted molar refractivity (Wildman–Crippen MR) is 106 cm³/mol. The summed E-state index contributed by atoms with van der Waals surface area (Å²) in [5.74, 6) is -0.0152. The summed E-state index contributed by atoms with van der Waals surface area (Å²) in [7, 11) is 0. The third-order valence-corrected chi connectivity index (χ3v) is 7.32. The number of nitrogens with two attached hydrogens (primary N) is 1. The summed E-state index contributed by atoms with van der Waals surface area (Å²) in [5, 5.41) is 9.33. The average molecular weight is 411 g/mol. The van der Waals surface area contributed by atoms with Crippen molar-refractivity contribution in [3.05, 3.63) is 35.6 Å². The minimum absolute atomic E-state index is 0.0148. The highest BCUT2D eigenvalue weighted by Crippen LogP contribution is 2.48. The first-order valence-electron chi connectivity index (χ1n) is 10.7. The number of nitriles is 1. The Morgan fingerprint density at radius 1 is 1.37 bits per heavy atom. The van der Waals surface area contributed by atoms with E-state index in [-0.39, 0.29) is 47.8 Å². The molecule has 7 atom stereocenters. The fourth-order valence-electron chi connectivity index (χ4n) is 5.74. The fourth-order valence-corrected chi connectivity index (χ4v) is 5.74. The summed E-state index contributed by atoms with van der Waals surface area (Å²) in [6, 6.07) is 7.22. The van der Waals surface area contributed by atoms with Crippen LogP contribution < -0.4 is 5.73 Å². The second-order valence-electron chi connectivity index (χ2n) is 9.13. The molecule has 158 valence electrons. The van der Waals surface area contributed by atoms with Gasteiger partial charge in [0.1, 0.15) is 11.9 Å². The van der Waals surface area contributed by atoms with Crippen LogP contribution in [0.5, 0.6) is 0 Å². The zero-order valence-electron chi connectivity index (χ0n) is 16.9. The van der Waals surface area contributed by atoms with Crippen molar-refractivity contribution in [2.75, 3.05) is 13.1 Å². The van der Waals surface area contributed by atoms with Crippen LogP contribution in [0.25, 0.3) is 0 Å². The molecule has 7 nitrogen and oxygen atoms in total. The number of amides is 2. The van der Waals surface area contributed by atoms with Crippen LogP contribution >= 0.6 is 0 Å². The maximum Gasteiger partial charge on any atom is 0.242 e. The van der Waals surface area contributed by atoms with E-state index >= 15 is 0 Å². The molecule has 30 heavy (non-hydrogen) atoms. The van der Waals surface area contributed by atoms with Crippen LogP contribution in [0.1, 0.15) is 37.8 Å². The molecular formula is C22H26FN5O2. The number of carbonyl (C=O) groups excluding carboxylic acids is 2. The van der Waals surface area contributed by atoms with Gasteiger partial charge in [0, 0.05) is 25.2 Å². The normalized spacial score (nSPS) is 34.1. The zero-order valence-corrected chi connectivity index (χ0v) is 16.9. The SMILES string of the molecule is C[C@@H](c1cccc(F)c1)N1C(=O)C2C[C@@H]1CN2CC(N)C(=O)N1C(C#N)CC2CC21. The molecule has 8 heteroatoms. The van der Waals surface area contributed by atoms with Crippen molar-refractivity contribution in [1.82, 2.24) is 14.7 Å². The molecule has 1 aromatic rings. The lowest BCUT2D eigenvalue weighted by Gasteiger charge is -2.38. The maximum absolute atomic E-state index is 13.6. The molecule has 3 aliphatic heterocycles. The predicted octanol–water partition coefficient (Wildman–Crippen LogP) is 1.01. The lowest BCUT2D eigenvalue weighted by molar-refractivity contribution is -0.141. The quantitative estimate of drug-likeness (QED) is 0.781. The van der Waals surface area contributed by atoms with Crippen LogP contribution in [0.4, 0.5) is 4.39 Å². The van der Waals surface area contributed by atoms with Crippen LogP contribution in [-0.4, -0.2) is 69.8 Å². The zero-order chi connectivity index (χ0) is 21.2. The minimum atomic E-state index is -0.735. The maximum atomic E-state index is 13.6. The molecule has 2 N–H and O–H groups in total. The molecule has 5 rings (SSSR count). The molecule has 3 saturated heterocycles. The molecule has 0 aromatic heterocycles. The summed E-state index contributed by atoms with van der Waals surface area (Å²) in [6.07, 6.45) is 2.42. The van der Waals surface area contributed by atoms with Gasteiger partial charge in [-0.05, 0) is 49.8 Å². The Morgan fingerprint density at radius 3 is 2.87 bits per heavy atom. The Labute approximate surface area is 175 Å². The summed E-state index contributed by atoms with van der Waals surface area (Å²) in [4.78, 5) is 31.5. The molecule has 2 amide bonds. The molecule has 1 aromatic carbocycles. The molecular weight excluding hydrogens is 385 g/mol. The topological polar surface area (TPSA) is 93.7 Å². The number of halogens is 1. The molecule has 2 bridgehead atoms. The van der Waals surface area contributed by atoms with Crippen molar-refractivity contribution in [2.24, 2.45) is 11.7 Å². The molecule has 5 unspecified atom stereocenters. The smallest absolute Gasteiger partial charge is 0.242 e. The highest BCUT2D eigenvalue weighted by atomic mass is 19.1. The monoisotopic (exact) mass is 411 g/mol. The summed E-state index contributed by atoms with van der Waals surface area (Å²) in [5.41, 5.74) is 7.03. The van der Waals surface area contributed by atoms with Gasteiger partial charge >= 0.3 is 0 Å². The Morgan fingerprint density at radius 2 is 2.17 bits per heavy atom. The molecule has 0 spiro atoms. The van der Waals surface area contributed by atoms with Crippen molar-refractivity contribution in [2.45, 2.75) is 62.4 Å². The Balaban J connectivity index is 1.24. The average Bonchev–Trinajstić information content (AvgIpc) is 3.06. The second kappa shape index (κ2) is 7.03. The molecule has 3 heterocycles. The highest BCUT2D eigenvalue weighted by Gasteiger charge is 2.56. The van der Waals surface area contributed by atoms with Gasteiger partial charge in [0.05, 0.1) is 24.2 Å². The number of fused-ring (bicyclic) bond motifs is 3. The number of hydrogen-bond acceptors (Lipinski definition) is 5. The number of rotatable bonds is 5. The van der Waals surface area contributed by atoms with E-state index in [2.05, 4.69) is 6.07 Å². The second-order valence-corrected chi connectivity index (χ2v) is 9.13. The molecule has 4 aliphatic rings. The standard InChI is InChI=1S/C22H26FN5O2/c1-12(13-3-2-4-15(23)5-13)27-17-8-20(22(27)30)26(10-17)11-18(25)21(29)28-16(9-24)6-14-7-19(14)28/h2-5,12,14,16-20H,6-8,10-11,25H2,1H3/t12-,14?,16?,17+,18?,19?,20?/m0/s1. The van der Waals surface area contributed by atoms with Crippen molar-refractivity contribution in [3.8, 4) is 6.07 Å². The Hall–Kier alpha value is -2.50. The van der Waals surface area contributed by atoms with Crippen LogP contribution in [-0.2, 0) is 9.59 Å². The number of piperidine rings is 1. The van der Waals surface area contributed by atoms with Crippen molar-refractivity contribution in [3.63, 3.8) is 0 Å². The van der Waals surface area contributed by atoms with Gasteiger partial charge < -0.3 is 15.5 Å². The number of hydrogen-bond donors (Lipinski definition) is 1. The molecule has 1 saturated carbocycles. The van der Waals surface area contributed by atoms with E-state index in [0.29, 0.717) is 25.4 Å². The molecule has 0 radical (unpaired) electrons. The summed E-state index contributed by atoms with van der Waals surface area (Å²) in [6.45, 7) is 2.90. The highest BCUT2D eigenvalue weighted by molar-refractivity contribution is 5.87. The lowest BCUT2D eigenvalue weighted by atomic mass is 10.1.